The van der Waals surface area contributed by atoms with Gasteiger partial charge in [-0.3, -0.25) is 9.10 Å². The summed E-state index contributed by atoms with van der Waals surface area (Å²) in [6.45, 7) is 6.41. The van der Waals surface area contributed by atoms with Gasteiger partial charge in [0, 0.05) is 47.5 Å². The van der Waals surface area contributed by atoms with E-state index in [1.807, 2.05) is 37.5 Å². The molecule has 1 amide bonds. The number of carbonyl (C=O) groups is 1. The zero-order chi connectivity index (χ0) is 31.4. The number of aliphatic hydroxyl groups is 1. The molecule has 8 nitrogen and oxygen atoms in total. The largest absolute Gasteiger partial charge is 0.396 e. The Hall–Kier alpha value is -3.66. The van der Waals surface area contributed by atoms with Crippen LogP contribution >= 0.6 is 11.6 Å². The number of sulfonamides is 1. The minimum Gasteiger partial charge on any atom is -0.396 e. The van der Waals surface area contributed by atoms with Crippen molar-refractivity contribution in [3.63, 3.8) is 0 Å². The number of halogens is 1. The Morgan fingerprint density at radius 2 is 1.70 bits per heavy atom. The third-order valence-corrected chi connectivity index (χ3v) is 8.69. The first-order chi connectivity index (χ1) is 20.3. The van der Waals surface area contributed by atoms with E-state index in [2.05, 4.69) is 30.7 Å². The number of rotatable bonds is 11. The van der Waals surface area contributed by atoms with Gasteiger partial charge in [0.1, 0.15) is 5.82 Å². The summed E-state index contributed by atoms with van der Waals surface area (Å²) in [5, 5.41) is 13.2. The fourth-order valence-electron chi connectivity index (χ4n) is 5.01. The predicted octanol–water partition coefficient (Wildman–Crippen LogP) is 5.73. The monoisotopic (exact) mass is 622 g/mol. The van der Waals surface area contributed by atoms with Crippen molar-refractivity contribution in [1.82, 2.24) is 14.9 Å². The Morgan fingerprint density at radius 1 is 1.05 bits per heavy atom. The van der Waals surface area contributed by atoms with Gasteiger partial charge in [0.2, 0.25) is 10.0 Å². The second-order valence-electron chi connectivity index (χ2n) is 11.8. The summed E-state index contributed by atoms with van der Waals surface area (Å²) in [6, 6.07) is 21.3. The molecule has 2 N–H and O–H groups in total. The SMILES string of the molecule is Cn1cc(-c2ccc(C[C@@H](CCO)NC(=O)c3ccc(N(Cc4ccccc4Cl)S(C)(=O)=O)cc3)cc2)nc1C(C)(C)C. The van der Waals surface area contributed by atoms with Gasteiger partial charge in [0.05, 0.1) is 24.2 Å². The van der Waals surface area contributed by atoms with Crippen molar-refractivity contribution in [2.75, 3.05) is 17.2 Å². The molecule has 10 heteroatoms. The molecule has 43 heavy (non-hydrogen) atoms. The van der Waals surface area contributed by atoms with Crippen molar-refractivity contribution in [1.29, 1.82) is 0 Å². The molecule has 0 unspecified atom stereocenters. The van der Waals surface area contributed by atoms with E-state index in [1.54, 1.807) is 48.5 Å². The smallest absolute Gasteiger partial charge is 0.251 e. The summed E-state index contributed by atoms with van der Waals surface area (Å²) in [5.41, 5.74) is 4.36. The molecule has 1 atom stereocenters. The average molecular weight is 623 g/mol. The first kappa shape index (κ1) is 32.3. The minimum atomic E-state index is -3.61. The second kappa shape index (κ2) is 13.3. The van der Waals surface area contributed by atoms with E-state index in [4.69, 9.17) is 16.6 Å². The standard InChI is InChI=1S/C33H39ClN4O4S/c1-33(2,3)32-36-30(22-37(32)4)24-12-10-23(11-13-24)20-27(18-19-39)35-31(40)25-14-16-28(17-15-25)38(43(5,41)42)21-26-8-6-7-9-29(26)34/h6-17,22,27,39H,18-21H2,1-5H3,(H,35,40)/t27-/m1/s1. The van der Waals surface area contributed by atoms with Crippen LogP contribution < -0.4 is 9.62 Å². The average Bonchev–Trinajstić information content (AvgIpc) is 3.35. The molecule has 0 aliphatic heterocycles. The van der Waals surface area contributed by atoms with Gasteiger partial charge in [0.15, 0.2) is 0 Å². The van der Waals surface area contributed by atoms with E-state index in [0.29, 0.717) is 34.7 Å². The van der Waals surface area contributed by atoms with Crippen molar-refractivity contribution >= 4 is 33.2 Å². The lowest BCUT2D eigenvalue weighted by molar-refractivity contribution is 0.0930. The fourth-order valence-corrected chi connectivity index (χ4v) is 6.08. The molecule has 4 rings (SSSR count). The molecule has 1 heterocycles. The zero-order valence-corrected chi connectivity index (χ0v) is 26.8. The van der Waals surface area contributed by atoms with Gasteiger partial charge in [0.25, 0.3) is 5.91 Å². The molecular formula is C33H39ClN4O4S. The molecular weight excluding hydrogens is 584 g/mol. The van der Waals surface area contributed by atoms with Crippen LogP contribution in [-0.2, 0) is 35.5 Å². The molecule has 228 valence electrons. The van der Waals surface area contributed by atoms with Gasteiger partial charge >= 0.3 is 0 Å². The van der Waals surface area contributed by atoms with Crippen LogP contribution in [0.2, 0.25) is 5.02 Å². The lowest BCUT2D eigenvalue weighted by Gasteiger charge is -2.23. The van der Waals surface area contributed by atoms with E-state index in [-0.39, 0.29) is 30.5 Å². The maximum absolute atomic E-state index is 13.1. The van der Waals surface area contributed by atoms with Gasteiger partial charge in [-0.2, -0.15) is 0 Å². The Morgan fingerprint density at radius 3 is 2.26 bits per heavy atom. The fraction of sp³-hybridized carbons (Fsp3) is 0.333. The minimum absolute atomic E-state index is 0.0630. The van der Waals surface area contributed by atoms with E-state index < -0.39 is 10.0 Å². The predicted molar refractivity (Wildman–Crippen MR) is 173 cm³/mol. The number of aryl methyl sites for hydroxylation is 1. The highest BCUT2D eigenvalue weighted by Crippen LogP contribution is 2.27. The van der Waals surface area contributed by atoms with Gasteiger partial charge in [-0.1, -0.05) is 74.8 Å². The van der Waals surface area contributed by atoms with E-state index in [9.17, 15) is 18.3 Å². The molecule has 0 saturated carbocycles. The number of nitrogens with one attached hydrogen (secondary N) is 1. The van der Waals surface area contributed by atoms with E-state index >= 15 is 0 Å². The molecule has 0 aliphatic carbocycles. The molecule has 0 spiro atoms. The summed E-state index contributed by atoms with van der Waals surface area (Å²) < 4.78 is 28.5. The van der Waals surface area contributed by atoms with Crippen LogP contribution in [-0.4, -0.2) is 47.9 Å². The lowest BCUT2D eigenvalue weighted by atomic mass is 9.96. The highest BCUT2D eigenvalue weighted by Gasteiger charge is 2.22. The van der Waals surface area contributed by atoms with Crippen LogP contribution in [0, 0.1) is 0 Å². The Bertz CT molecular complexity index is 1660. The summed E-state index contributed by atoms with van der Waals surface area (Å²) in [4.78, 5) is 18.0. The molecule has 0 radical (unpaired) electrons. The van der Waals surface area contributed by atoms with Gasteiger partial charge in [-0.05, 0) is 54.3 Å². The number of aliphatic hydroxyl groups excluding tert-OH is 1. The van der Waals surface area contributed by atoms with E-state index in [1.165, 1.54) is 4.31 Å². The van der Waals surface area contributed by atoms with Crippen LogP contribution in [0.5, 0.6) is 0 Å². The molecule has 3 aromatic carbocycles. The second-order valence-corrected chi connectivity index (χ2v) is 14.1. The quantitative estimate of drug-likeness (QED) is 0.222. The third-order valence-electron chi connectivity index (χ3n) is 7.18. The van der Waals surface area contributed by atoms with Crippen LogP contribution in [0.4, 0.5) is 5.69 Å². The molecule has 4 aromatic rings. The number of hydrogen-bond acceptors (Lipinski definition) is 5. The number of nitrogens with zero attached hydrogens (tertiary/aromatic N) is 3. The molecule has 0 fully saturated rings. The maximum atomic E-state index is 13.1. The molecule has 0 bridgehead atoms. The summed E-state index contributed by atoms with van der Waals surface area (Å²) in [6.07, 6.45) is 4.10. The number of amides is 1. The first-order valence-corrected chi connectivity index (χ1v) is 16.3. The highest BCUT2D eigenvalue weighted by molar-refractivity contribution is 7.92. The lowest BCUT2D eigenvalue weighted by Crippen LogP contribution is -2.37. The molecule has 0 aliphatic rings. The molecule has 0 saturated heterocycles. The number of benzene rings is 3. The van der Waals surface area contributed by atoms with Crippen LogP contribution in [0.15, 0.2) is 79.0 Å². The first-order valence-electron chi connectivity index (χ1n) is 14.1. The van der Waals surface area contributed by atoms with Crippen molar-refractivity contribution in [2.45, 2.75) is 51.6 Å². The van der Waals surface area contributed by atoms with Gasteiger partial charge < -0.3 is 15.0 Å². The zero-order valence-electron chi connectivity index (χ0n) is 25.2. The topological polar surface area (TPSA) is 105 Å². The van der Waals surface area contributed by atoms with E-state index in [0.717, 1.165) is 28.9 Å². The van der Waals surface area contributed by atoms with Crippen molar-refractivity contribution in [2.24, 2.45) is 7.05 Å². The van der Waals surface area contributed by atoms with Crippen molar-refractivity contribution in [3.05, 3.63) is 107 Å². The number of carbonyl (C=O) groups excluding carboxylic acids is 1. The number of anilines is 1. The van der Waals surface area contributed by atoms with Crippen molar-refractivity contribution < 1.29 is 18.3 Å². The Balaban J connectivity index is 1.44. The number of aromatic nitrogens is 2. The van der Waals surface area contributed by atoms with Gasteiger partial charge in [-0.25, -0.2) is 13.4 Å². The molecule has 1 aromatic heterocycles. The Labute approximate surface area is 259 Å². The number of imidazole rings is 1. The van der Waals surface area contributed by atoms with Crippen LogP contribution in [0.3, 0.4) is 0 Å². The van der Waals surface area contributed by atoms with Crippen LogP contribution in [0.1, 0.15) is 54.5 Å². The summed E-state index contributed by atoms with van der Waals surface area (Å²) in [7, 11) is -1.61. The van der Waals surface area contributed by atoms with Crippen molar-refractivity contribution in [3.8, 4) is 11.3 Å². The highest BCUT2D eigenvalue weighted by atomic mass is 35.5. The maximum Gasteiger partial charge on any atom is 0.251 e. The van der Waals surface area contributed by atoms with Crippen LogP contribution in [0.25, 0.3) is 11.3 Å². The summed E-state index contributed by atoms with van der Waals surface area (Å²) >= 11 is 6.27. The summed E-state index contributed by atoms with van der Waals surface area (Å²) in [5.74, 6) is 0.705. The normalized spacial score (nSPS) is 12.6. The van der Waals surface area contributed by atoms with Gasteiger partial charge in [-0.15, -0.1) is 0 Å². The number of hydrogen-bond donors (Lipinski definition) is 2. The Kier molecular flexibility index (Phi) is 10.00. The third kappa shape index (κ3) is 8.25.